The number of carbonyl (C=O) groups excluding carboxylic acids is 1. The molecule has 2 aromatic rings. The van der Waals surface area contributed by atoms with Crippen LogP contribution in [0.5, 0.6) is 5.75 Å². The zero-order valence-electron chi connectivity index (χ0n) is 18.6. The molecule has 2 heterocycles. The molecule has 2 aromatic carbocycles. The Bertz CT molecular complexity index is 845. The maximum absolute atomic E-state index is 13.3. The topological polar surface area (TPSA) is 56.8 Å². The standard InChI is InChI=1S/C25H34N4O2/c1-3-4-17-31-22-11-7-20(8-12-22)24-23(18-26-27-24)25(30)29-15-13-28(14-16-29)21-9-5-19(2)6-10-21/h5-12,23-24,26-27H,3-4,13-18H2,1-2H3. The summed E-state index contributed by atoms with van der Waals surface area (Å²) < 4.78 is 5.77. The number of ether oxygens (including phenoxy) is 1. The Morgan fingerprint density at radius 2 is 1.74 bits per heavy atom. The van der Waals surface area contributed by atoms with Gasteiger partial charge in [0.25, 0.3) is 0 Å². The molecule has 31 heavy (non-hydrogen) atoms. The predicted molar refractivity (Wildman–Crippen MR) is 124 cm³/mol. The van der Waals surface area contributed by atoms with Crippen LogP contribution in [0.1, 0.15) is 36.9 Å². The highest BCUT2D eigenvalue weighted by Crippen LogP contribution is 2.29. The highest BCUT2D eigenvalue weighted by molar-refractivity contribution is 5.80. The molecular formula is C25H34N4O2. The Kier molecular flexibility index (Phi) is 7.10. The van der Waals surface area contributed by atoms with Crippen molar-refractivity contribution in [1.82, 2.24) is 15.8 Å². The summed E-state index contributed by atoms with van der Waals surface area (Å²) in [5.74, 6) is 1.02. The number of amides is 1. The Morgan fingerprint density at radius 1 is 1.03 bits per heavy atom. The summed E-state index contributed by atoms with van der Waals surface area (Å²) in [6.07, 6.45) is 2.18. The molecule has 2 aliphatic heterocycles. The van der Waals surface area contributed by atoms with E-state index in [4.69, 9.17) is 4.74 Å². The fourth-order valence-electron chi connectivity index (χ4n) is 4.32. The lowest BCUT2D eigenvalue weighted by Gasteiger charge is -2.37. The Morgan fingerprint density at radius 3 is 2.42 bits per heavy atom. The second-order valence-corrected chi connectivity index (χ2v) is 8.53. The number of nitrogens with zero attached hydrogens (tertiary/aromatic N) is 2. The second kappa shape index (κ2) is 10.2. The molecule has 6 heteroatoms. The Balaban J connectivity index is 1.34. The van der Waals surface area contributed by atoms with Crippen molar-refractivity contribution in [2.75, 3.05) is 44.2 Å². The molecule has 0 aromatic heterocycles. The molecule has 0 aliphatic carbocycles. The van der Waals surface area contributed by atoms with Gasteiger partial charge in [0, 0.05) is 38.4 Å². The summed E-state index contributed by atoms with van der Waals surface area (Å²) >= 11 is 0. The molecule has 0 saturated carbocycles. The van der Waals surface area contributed by atoms with Crippen molar-refractivity contribution in [3.05, 3.63) is 59.7 Å². The zero-order valence-corrected chi connectivity index (χ0v) is 18.6. The van der Waals surface area contributed by atoms with Crippen LogP contribution in [0.25, 0.3) is 0 Å². The molecule has 2 aliphatic rings. The Hall–Kier alpha value is -2.57. The second-order valence-electron chi connectivity index (χ2n) is 8.53. The van der Waals surface area contributed by atoms with E-state index in [1.807, 2.05) is 17.0 Å². The van der Waals surface area contributed by atoms with Gasteiger partial charge in [-0.2, -0.15) is 0 Å². The number of hydrogen-bond donors (Lipinski definition) is 2. The van der Waals surface area contributed by atoms with E-state index < -0.39 is 0 Å². The van der Waals surface area contributed by atoms with Crippen LogP contribution in [-0.4, -0.2) is 50.1 Å². The van der Waals surface area contributed by atoms with Crippen LogP contribution in [0.3, 0.4) is 0 Å². The number of carbonyl (C=O) groups is 1. The highest BCUT2D eigenvalue weighted by Gasteiger charge is 2.37. The number of hydrogen-bond acceptors (Lipinski definition) is 5. The molecule has 2 N–H and O–H groups in total. The maximum atomic E-state index is 13.3. The number of hydrazine groups is 1. The number of unbranched alkanes of at least 4 members (excludes halogenated alkanes) is 1. The third-order valence-corrected chi connectivity index (χ3v) is 6.30. The smallest absolute Gasteiger partial charge is 0.229 e. The van der Waals surface area contributed by atoms with Crippen LogP contribution in [0.15, 0.2) is 48.5 Å². The van der Waals surface area contributed by atoms with Gasteiger partial charge in [0.1, 0.15) is 5.75 Å². The first kappa shape index (κ1) is 21.7. The molecule has 166 valence electrons. The number of anilines is 1. The SMILES string of the molecule is CCCCOc1ccc(C2NNCC2C(=O)N2CCN(c3ccc(C)cc3)CC2)cc1. The van der Waals surface area contributed by atoms with Gasteiger partial charge < -0.3 is 14.5 Å². The molecule has 2 saturated heterocycles. The van der Waals surface area contributed by atoms with Crippen molar-refractivity contribution in [2.24, 2.45) is 5.92 Å². The number of rotatable bonds is 7. The summed E-state index contributed by atoms with van der Waals surface area (Å²) in [5.41, 5.74) is 10.1. The largest absolute Gasteiger partial charge is 0.494 e. The summed E-state index contributed by atoms with van der Waals surface area (Å²) in [5, 5.41) is 0. The van der Waals surface area contributed by atoms with E-state index >= 15 is 0 Å². The van der Waals surface area contributed by atoms with E-state index in [0.29, 0.717) is 6.54 Å². The van der Waals surface area contributed by atoms with E-state index in [1.54, 1.807) is 0 Å². The van der Waals surface area contributed by atoms with Crippen LogP contribution in [0.4, 0.5) is 5.69 Å². The molecular weight excluding hydrogens is 388 g/mol. The minimum absolute atomic E-state index is 0.0210. The third-order valence-electron chi connectivity index (χ3n) is 6.30. The van der Waals surface area contributed by atoms with Crippen molar-refractivity contribution in [2.45, 2.75) is 32.7 Å². The number of benzene rings is 2. The summed E-state index contributed by atoms with van der Waals surface area (Å²) in [7, 11) is 0. The van der Waals surface area contributed by atoms with Gasteiger partial charge in [-0.05, 0) is 43.2 Å². The molecule has 2 unspecified atom stereocenters. The van der Waals surface area contributed by atoms with Gasteiger partial charge in [-0.1, -0.05) is 43.2 Å². The van der Waals surface area contributed by atoms with Crippen molar-refractivity contribution >= 4 is 11.6 Å². The lowest BCUT2D eigenvalue weighted by atomic mass is 9.93. The first-order valence-electron chi connectivity index (χ1n) is 11.5. The maximum Gasteiger partial charge on any atom is 0.229 e. The van der Waals surface area contributed by atoms with Crippen LogP contribution in [0.2, 0.25) is 0 Å². The minimum Gasteiger partial charge on any atom is -0.494 e. The van der Waals surface area contributed by atoms with E-state index in [1.165, 1.54) is 11.3 Å². The van der Waals surface area contributed by atoms with Crippen molar-refractivity contribution < 1.29 is 9.53 Å². The summed E-state index contributed by atoms with van der Waals surface area (Å²) in [6.45, 7) is 8.93. The molecule has 0 spiro atoms. The minimum atomic E-state index is -0.0993. The summed E-state index contributed by atoms with van der Waals surface area (Å²) in [4.78, 5) is 17.7. The Labute approximate surface area is 185 Å². The third kappa shape index (κ3) is 5.20. The molecule has 1 amide bonds. The zero-order chi connectivity index (χ0) is 21.6. The van der Waals surface area contributed by atoms with Gasteiger partial charge in [-0.15, -0.1) is 0 Å². The van der Waals surface area contributed by atoms with Gasteiger partial charge in [-0.3, -0.25) is 10.2 Å². The van der Waals surface area contributed by atoms with Crippen LogP contribution in [0, 0.1) is 12.8 Å². The molecule has 4 rings (SSSR count). The fraction of sp³-hybridized carbons (Fsp3) is 0.480. The number of nitrogens with one attached hydrogen (secondary N) is 2. The van der Waals surface area contributed by atoms with Gasteiger partial charge in [0.2, 0.25) is 5.91 Å². The molecule has 2 atom stereocenters. The first-order chi connectivity index (χ1) is 15.2. The number of piperazine rings is 1. The molecule has 0 radical (unpaired) electrons. The van der Waals surface area contributed by atoms with Crippen molar-refractivity contribution in [1.29, 1.82) is 0 Å². The van der Waals surface area contributed by atoms with Gasteiger partial charge in [0.15, 0.2) is 0 Å². The first-order valence-corrected chi connectivity index (χ1v) is 11.5. The van der Waals surface area contributed by atoms with Crippen molar-refractivity contribution in [3.8, 4) is 5.75 Å². The monoisotopic (exact) mass is 422 g/mol. The fourth-order valence-corrected chi connectivity index (χ4v) is 4.32. The van der Waals surface area contributed by atoms with E-state index in [9.17, 15) is 4.79 Å². The van der Waals surface area contributed by atoms with Crippen molar-refractivity contribution in [3.63, 3.8) is 0 Å². The van der Waals surface area contributed by atoms with Crippen LogP contribution >= 0.6 is 0 Å². The quantitative estimate of drug-likeness (QED) is 0.671. The molecule has 0 bridgehead atoms. The summed E-state index contributed by atoms with van der Waals surface area (Å²) in [6, 6.07) is 16.8. The number of aryl methyl sites for hydroxylation is 1. The van der Waals surface area contributed by atoms with Gasteiger partial charge in [-0.25, -0.2) is 5.43 Å². The lowest BCUT2D eigenvalue weighted by molar-refractivity contribution is -0.135. The van der Waals surface area contributed by atoms with E-state index in [0.717, 1.165) is 56.9 Å². The van der Waals surface area contributed by atoms with Gasteiger partial charge in [0.05, 0.1) is 18.6 Å². The van der Waals surface area contributed by atoms with Crippen LogP contribution < -0.4 is 20.5 Å². The normalized spacial score (nSPS) is 21.4. The molecule has 6 nitrogen and oxygen atoms in total. The van der Waals surface area contributed by atoms with Gasteiger partial charge >= 0.3 is 0 Å². The van der Waals surface area contributed by atoms with E-state index in [-0.39, 0.29) is 17.9 Å². The van der Waals surface area contributed by atoms with Crippen LogP contribution in [-0.2, 0) is 4.79 Å². The van der Waals surface area contributed by atoms with E-state index in [2.05, 4.69) is 66.0 Å². The highest BCUT2D eigenvalue weighted by atomic mass is 16.5. The average molecular weight is 423 g/mol. The average Bonchev–Trinajstić information content (AvgIpc) is 3.30. The predicted octanol–water partition coefficient (Wildman–Crippen LogP) is 3.29. The molecule has 2 fully saturated rings. The lowest BCUT2D eigenvalue weighted by Crippen LogP contribution is -2.51.